The van der Waals surface area contributed by atoms with Crippen LogP contribution in [-0.2, 0) is 6.54 Å². The number of benzene rings is 1. The summed E-state index contributed by atoms with van der Waals surface area (Å²) in [7, 11) is 0. The van der Waals surface area contributed by atoms with E-state index in [1.807, 2.05) is 32.0 Å². The average molecular weight is 236 g/mol. The zero-order valence-corrected chi connectivity index (χ0v) is 10.5. The first-order valence-electron chi connectivity index (χ1n) is 5.93. The third-order valence-corrected chi connectivity index (χ3v) is 2.71. The lowest BCUT2D eigenvalue weighted by Crippen LogP contribution is -2.35. The molecule has 0 fully saturated rings. The molecule has 0 unspecified atom stereocenters. The van der Waals surface area contributed by atoms with Gasteiger partial charge in [0.25, 0.3) is 0 Å². The summed E-state index contributed by atoms with van der Waals surface area (Å²) >= 11 is 0. The van der Waals surface area contributed by atoms with E-state index in [1.165, 1.54) is 5.56 Å². The predicted octanol–water partition coefficient (Wildman–Crippen LogP) is 1.63. The molecule has 1 aliphatic rings. The number of hydrogen-bond acceptors (Lipinski definition) is 4. The quantitative estimate of drug-likeness (QED) is 0.763. The van der Waals surface area contributed by atoms with Crippen molar-refractivity contribution in [2.24, 2.45) is 5.73 Å². The van der Waals surface area contributed by atoms with Crippen LogP contribution >= 0.6 is 0 Å². The van der Waals surface area contributed by atoms with Crippen LogP contribution in [0.25, 0.3) is 0 Å². The van der Waals surface area contributed by atoms with Gasteiger partial charge in [0.2, 0.25) is 6.79 Å². The first kappa shape index (κ1) is 12.2. The topological polar surface area (TPSA) is 56.5 Å². The van der Waals surface area contributed by atoms with Gasteiger partial charge in [-0.05, 0) is 44.5 Å². The highest BCUT2D eigenvalue weighted by Crippen LogP contribution is 2.32. The second-order valence-electron chi connectivity index (χ2n) is 5.10. The molecule has 0 bridgehead atoms. The molecule has 0 spiro atoms. The zero-order valence-electron chi connectivity index (χ0n) is 10.5. The molecular weight excluding hydrogens is 216 g/mol. The molecule has 4 heteroatoms. The van der Waals surface area contributed by atoms with Gasteiger partial charge in [-0.15, -0.1) is 0 Å². The minimum absolute atomic E-state index is 0.109. The fourth-order valence-corrected chi connectivity index (χ4v) is 1.69. The minimum atomic E-state index is -0.109. The molecule has 0 atom stereocenters. The number of fused-ring (bicyclic) bond motifs is 1. The Balaban J connectivity index is 1.80. The summed E-state index contributed by atoms with van der Waals surface area (Å²) in [6.45, 7) is 6.14. The number of hydrogen-bond donors (Lipinski definition) is 2. The van der Waals surface area contributed by atoms with Crippen LogP contribution in [0, 0.1) is 0 Å². The number of nitrogens with one attached hydrogen (secondary N) is 1. The Bertz CT molecular complexity index is 385. The summed E-state index contributed by atoms with van der Waals surface area (Å²) in [6.07, 6.45) is 0.956. The average Bonchev–Trinajstić information content (AvgIpc) is 2.70. The Morgan fingerprint density at radius 1 is 1.29 bits per heavy atom. The van der Waals surface area contributed by atoms with Gasteiger partial charge in [-0.2, -0.15) is 0 Å². The Kier molecular flexibility index (Phi) is 3.54. The van der Waals surface area contributed by atoms with Crippen LogP contribution in [-0.4, -0.2) is 18.9 Å². The van der Waals surface area contributed by atoms with Gasteiger partial charge in [-0.3, -0.25) is 0 Å². The number of ether oxygens (including phenoxy) is 2. The summed E-state index contributed by atoms with van der Waals surface area (Å²) in [5.41, 5.74) is 7.00. The largest absolute Gasteiger partial charge is 0.454 e. The van der Waals surface area contributed by atoms with Gasteiger partial charge in [0, 0.05) is 12.1 Å². The molecule has 1 heterocycles. The normalized spacial score (nSPS) is 14.1. The molecule has 0 radical (unpaired) electrons. The zero-order chi connectivity index (χ0) is 12.3. The van der Waals surface area contributed by atoms with Crippen molar-refractivity contribution in [1.29, 1.82) is 0 Å². The van der Waals surface area contributed by atoms with Crippen molar-refractivity contribution in [3.63, 3.8) is 0 Å². The van der Waals surface area contributed by atoms with Gasteiger partial charge in [0.15, 0.2) is 11.5 Å². The van der Waals surface area contributed by atoms with Crippen LogP contribution < -0.4 is 20.5 Å². The molecule has 2 rings (SSSR count). The molecule has 4 nitrogen and oxygen atoms in total. The Morgan fingerprint density at radius 2 is 2.06 bits per heavy atom. The highest BCUT2D eigenvalue weighted by atomic mass is 16.7. The standard InChI is InChI=1S/C13H20N2O2/c1-13(2,14)5-6-15-8-10-3-4-11-12(7-10)17-9-16-11/h3-4,7,15H,5-6,8-9,14H2,1-2H3. The molecule has 1 aliphatic heterocycles. The van der Waals surface area contributed by atoms with Crippen LogP contribution in [0.15, 0.2) is 18.2 Å². The highest BCUT2D eigenvalue weighted by Gasteiger charge is 2.13. The molecule has 0 saturated carbocycles. The Morgan fingerprint density at radius 3 is 2.82 bits per heavy atom. The maximum absolute atomic E-state index is 5.91. The Labute approximate surface area is 102 Å². The van der Waals surface area contributed by atoms with Crippen LogP contribution in [0.1, 0.15) is 25.8 Å². The maximum atomic E-state index is 5.91. The van der Waals surface area contributed by atoms with Gasteiger partial charge in [0.1, 0.15) is 0 Å². The third kappa shape index (κ3) is 3.61. The van der Waals surface area contributed by atoms with E-state index in [0.717, 1.165) is 31.0 Å². The second kappa shape index (κ2) is 4.94. The molecule has 0 aliphatic carbocycles. The summed E-state index contributed by atoms with van der Waals surface area (Å²) < 4.78 is 10.6. The van der Waals surface area contributed by atoms with E-state index in [-0.39, 0.29) is 5.54 Å². The minimum Gasteiger partial charge on any atom is -0.454 e. The molecule has 1 aromatic rings. The SMILES string of the molecule is CC(C)(N)CCNCc1ccc2c(c1)OCO2. The molecule has 0 amide bonds. The first-order chi connectivity index (χ1) is 8.04. The van der Waals surface area contributed by atoms with Gasteiger partial charge in [0.05, 0.1) is 0 Å². The van der Waals surface area contributed by atoms with Crippen molar-refractivity contribution in [2.75, 3.05) is 13.3 Å². The second-order valence-corrected chi connectivity index (χ2v) is 5.10. The van der Waals surface area contributed by atoms with Crippen molar-refractivity contribution >= 4 is 0 Å². The van der Waals surface area contributed by atoms with E-state index in [2.05, 4.69) is 5.32 Å². The lowest BCUT2D eigenvalue weighted by molar-refractivity contribution is 0.174. The monoisotopic (exact) mass is 236 g/mol. The Hall–Kier alpha value is -1.26. The molecular formula is C13H20N2O2. The smallest absolute Gasteiger partial charge is 0.231 e. The summed E-state index contributed by atoms with van der Waals surface area (Å²) in [6, 6.07) is 6.02. The molecule has 1 aromatic carbocycles. The molecule has 0 saturated heterocycles. The van der Waals surface area contributed by atoms with Crippen molar-refractivity contribution < 1.29 is 9.47 Å². The van der Waals surface area contributed by atoms with Crippen molar-refractivity contribution in [1.82, 2.24) is 5.32 Å². The van der Waals surface area contributed by atoms with E-state index in [1.54, 1.807) is 0 Å². The van der Waals surface area contributed by atoms with Crippen molar-refractivity contribution in [3.8, 4) is 11.5 Å². The lowest BCUT2D eigenvalue weighted by Gasteiger charge is -2.18. The fraction of sp³-hybridized carbons (Fsp3) is 0.538. The van der Waals surface area contributed by atoms with Gasteiger partial charge < -0.3 is 20.5 Å². The number of nitrogens with two attached hydrogens (primary N) is 1. The molecule has 17 heavy (non-hydrogen) atoms. The van der Waals surface area contributed by atoms with Crippen LogP contribution in [0.3, 0.4) is 0 Å². The van der Waals surface area contributed by atoms with E-state index < -0.39 is 0 Å². The summed E-state index contributed by atoms with van der Waals surface area (Å²) in [4.78, 5) is 0. The van der Waals surface area contributed by atoms with Crippen LogP contribution in [0.5, 0.6) is 11.5 Å². The maximum Gasteiger partial charge on any atom is 0.231 e. The summed E-state index contributed by atoms with van der Waals surface area (Å²) in [5.74, 6) is 1.67. The van der Waals surface area contributed by atoms with Crippen molar-refractivity contribution in [2.45, 2.75) is 32.4 Å². The molecule has 3 N–H and O–H groups in total. The van der Waals surface area contributed by atoms with E-state index >= 15 is 0 Å². The highest BCUT2D eigenvalue weighted by molar-refractivity contribution is 5.44. The fourth-order valence-electron chi connectivity index (χ4n) is 1.69. The van der Waals surface area contributed by atoms with Crippen LogP contribution in [0.4, 0.5) is 0 Å². The van der Waals surface area contributed by atoms with Gasteiger partial charge in [-0.1, -0.05) is 6.07 Å². The molecule has 0 aromatic heterocycles. The first-order valence-corrected chi connectivity index (χ1v) is 5.93. The molecule has 94 valence electrons. The van der Waals surface area contributed by atoms with E-state index in [9.17, 15) is 0 Å². The van der Waals surface area contributed by atoms with E-state index in [4.69, 9.17) is 15.2 Å². The van der Waals surface area contributed by atoms with Crippen molar-refractivity contribution in [3.05, 3.63) is 23.8 Å². The van der Waals surface area contributed by atoms with Gasteiger partial charge in [-0.25, -0.2) is 0 Å². The van der Waals surface area contributed by atoms with Gasteiger partial charge >= 0.3 is 0 Å². The third-order valence-electron chi connectivity index (χ3n) is 2.71. The summed E-state index contributed by atoms with van der Waals surface area (Å²) in [5, 5.41) is 3.37. The number of rotatable bonds is 5. The van der Waals surface area contributed by atoms with Crippen LogP contribution in [0.2, 0.25) is 0 Å². The van der Waals surface area contributed by atoms with E-state index in [0.29, 0.717) is 6.79 Å². The predicted molar refractivity (Wildman–Crippen MR) is 67.2 cm³/mol. The lowest BCUT2D eigenvalue weighted by atomic mass is 10.0.